The molecule has 3 nitrogen and oxygen atoms in total. The van der Waals surface area contributed by atoms with Crippen LogP contribution in [0.4, 0.5) is 17.1 Å². The second kappa shape index (κ2) is 14.7. The van der Waals surface area contributed by atoms with Crippen molar-refractivity contribution in [3.05, 3.63) is 206 Å². The monoisotopic (exact) mass is 784 g/mol. The largest absolute Gasteiger partial charge is 0.456 e. The maximum atomic E-state index is 6.31. The van der Waals surface area contributed by atoms with Crippen LogP contribution in [0.2, 0.25) is 0 Å². The smallest absolute Gasteiger partial charge is 0.135 e. The average Bonchev–Trinajstić information content (AvgIpc) is 3.87. The van der Waals surface area contributed by atoms with Crippen LogP contribution in [0.3, 0.4) is 0 Å². The normalized spacial score (nSPS) is 13.5. The predicted molar refractivity (Wildman–Crippen MR) is 257 cm³/mol. The highest BCUT2D eigenvalue weighted by Gasteiger charge is 2.25. The number of para-hydroxylation sites is 5. The molecule has 0 bridgehead atoms. The number of hydrogen-bond donors (Lipinski definition) is 0. The van der Waals surface area contributed by atoms with Gasteiger partial charge >= 0.3 is 0 Å². The van der Waals surface area contributed by atoms with Gasteiger partial charge in [-0.25, -0.2) is 0 Å². The molecule has 0 spiro atoms. The van der Waals surface area contributed by atoms with Crippen molar-refractivity contribution in [3.8, 4) is 27.9 Å². The molecule has 0 radical (unpaired) electrons. The van der Waals surface area contributed by atoms with Gasteiger partial charge in [0, 0.05) is 44.0 Å². The molecule has 0 N–H and O–H groups in total. The van der Waals surface area contributed by atoms with E-state index in [1.165, 1.54) is 81.4 Å². The molecule has 1 aliphatic carbocycles. The Morgan fingerprint density at radius 1 is 0.443 bits per heavy atom. The molecule has 1 saturated carbocycles. The van der Waals surface area contributed by atoms with E-state index < -0.39 is 0 Å². The Balaban J connectivity index is 1.13. The highest BCUT2D eigenvalue weighted by molar-refractivity contribution is 6.12. The number of hydrogen-bond acceptors (Lipinski definition) is 2. The molecule has 0 unspecified atom stereocenters. The summed E-state index contributed by atoms with van der Waals surface area (Å²) in [5.41, 5.74) is 15.0. The van der Waals surface area contributed by atoms with Gasteiger partial charge in [0.1, 0.15) is 11.2 Å². The maximum Gasteiger partial charge on any atom is 0.135 e. The van der Waals surface area contributed by atoms with Crippen LogP contribution in [-0.4, -0.2) is 4.57 Å². The van der Waals surface area contributed by atoms with E-state index in [9.17, 15) is 0 Å². The summed E-state index contributed by atoms with van der Waals surface area (Å²) in [7, 11) is 0. The number of fused-ring (bicyclic) bond motifs is 7. The minimum atomic E-state index is 0.570. The molecule has 2 aromatic heterocycles. The molecule has 12 rings (SSSR count). The van der Waals surface area contributed by atoms with E-state index in [2.05, 4.69) is 204 Å². The van der Waals surface area contributed by atoms with Gasteiger partial charge in [-0.1, -0.05) is 153 Å². The Morgan fingerprint density at radius 2 is 1.10 bits per heavy atom. The van der Waals surface area contributed by atoms with Crippen LogP contribution >= 0.6 is 0 Å². The molecule has 61 heavy (non-hydrogen) atoms. The van der Waals surface area contributed by atoms with E-state index in [4.69, 9.17) is 4.42 Å². The molecule has 0 atom stereocenters. The van der Waals surface area contributed by atoms with Crippen LogP contribution < -0.4 is 4.90 Å². The number of anilines is 3. The summed E-state index contributed by atoms with van der Waals surface area (Å²) >= 11 is 0. The van der Waals surface area contributed by atoms with Crippen LogP contribution in [0.15, 0.2) is 205 Å². The number of benzene rings is 9. The van der Waals surface area contributed by atoms with Crippen LogP contribution in [0.25, 0.3) is 82.5 Å². The zero-order chi connectivity index (χ0) is 40.3. The summed E-state index contributed by atoms with van der Waals surface area (Å²) < 4.78 is 8.71. The topological polar surface area (TPSA) is 21.3 Å². The number of nitrogens with zero attached hydrogens (tertiary/aromatic N) is 2. The van der Waals surface area contributed by atoms with Crippen molar-refractivity contribution in [2.24, 2.45) is 0 Å². The molecule has 292 valence electrons. The van der Waals surface area contributed by atoms with Gasteiger partial charge in [-0.15, -0.1) is 0 Å². The van der Waals surface area contributed by atoms with Crippen LogP contribution in [0.5, 0.6) is 0 Å². The molecule has 2 heterocycles. The van der Waals surface area contributed by atoms with Gasteiger partial charge in [-0.3, -0.25) is 0 Å². The van der Waals surface area contributed by atoms with Crippen molar-refractivity contribution in [1.82, 2.24) is 4.57 Å². The fourth-order valence-electron chi connectivity index (χ4n) is 10.4. The van der Waals surface area contributed by atoms with Crippen LogP contribution in [0.1, 0.15) is 43.6 Å². The van der Waals surface area contributed by atoms with Gasteiger partial charge in [-0.05, 0) is 113 Å². The third-order valence-corrected chi connectivity index (χ3v) is 13.2. The highest BCUT2D eigenvalue weighted by Crippen LogP contribution is 2.49. The van der Waals surface area contributed by atoms with E-state index in [-0.39, 0.29) is 0 Å². The Bertz CT molecular complexity index is 3420. The second-order valence-corrected chi connectivity index (χ2v) is 16.7. The summed E-state index contributed by atoms with van der Waals surface area (Å²) in [5, 5.41) is 7.38. The van der Waals surface area contributed by atoms with Crippen LogP contribution in [0, 0.1) is 0 Å². The van der Waals surface area contributed by atoms with Gasteiger partial charge in [0.25, 0.3) is 0 Å². The average molecular weight is 785 g/mol. The Morgan fingerprint density at radius 3 is 1.95 bits per heavy atom. The first-order chi connectivity index (χ1) is 30.3. The lowest BCUT2D eigenvalue weighted by Crippen LogP contribution is -2.12. The summed E-state index contributed by atoms with van der Waals surface area (Å²) in [6.07, 6.45) is 6.44. The van der Waals surface area contributed by atoms with Crippen molar-refractivity contribution in [1.29, 1.82) is 0 Å². The first kappa shape index (κ1) is 35.6. The quantitative estimate of drug-likeness (QED) is 0.161. The Hall–Kier alpha value is -7.36. The van der Waals surface area contributed by atoms with E-state index in [1.54, 1.807) is 0 Å². The number of rotatable bonds is 7. The highest BCUT2D eigenvalue weighted by atomic mass is 16.3. The Labute approximate surface area is 355 Å². The molecular weight excluding hydrogens is 741 g/mol. The number of aromatic nitrogens is 1. The molecule has 1 fully saturated rings. The van der Waals surface area contributed by atoms with Crippen molar-refractivity contribution < 1.29 is 4.42 Å². The fourth-order valence-corrected chi connectivity index (χ4v) is 10.4. The molecular formula is C58H44N2O. The summed E-state index contributed by atoms with van der Waals surface area (Å²) in [5.74, 6) is 0.570. The fraction of sp³-hybridized carbons (Fsp3) is 0.103. The van der Waals surface area contributed by atoms with Gasteiger partial charge in [0.2, 0.25) is 0 Å². The van der Waals surface area contributed by atoms with E-state index >= 15 is 0 Å². The van der Waals surface area contributed by atoms with Crippen molar-refractivity contribution in [3.63, 3.8) is 0 Å². The molecule has 1 aliphatic rings. The second-order valence-electron chi connectivity index (χ2n) is 16.7. The van der Waals surface area contributed by atoms with Crippen molar-refractivity contribution >= 4 is 71.6 Å². The van der Waals surface area contributed by atoms with Gasteiger partial charge in [0.05, 0.1) is 22.4 Å². The lowest BCUT2D eigenvalue weighted by atomic mass is 9.80. The molecule has 11 aromatic rings. The maximum absolute atomic E-state index is 6.31. The first-order valence-corrected chi connectivity index (χ1v) is 21.8. The van der Waals surface area contributed by atoms with E-state index in [0.717, 1.165) is 55.8 Å². The first-order valence-electron chi connectivity index (χ1n) is 21.8. The Kier molecular flexibility index (Phi) is 8.59. The third kappa shape index (κ3) is 5.95. The minimum Gasteiger partial charge on any atom is -0.456 e. The van der Waals surface area contributed by atoms with Gasteiger partial charge in [0.15, 0.2) is 0 Å². The SMILES string of the molecule is c1ccc(-n2c3ccccc3c3cc(N(c4ccccc4-c4ccc5oc6ccccc6c5c4)c4ccccc4-c4cccc5cccc(C6CCCCC6)c45)ccc32)cc1. The van der Waals surface area contributed by atoms with Gasteiger partial charge < -0.3 is 13.9 Å². The van der Waals surface area contributed by atoms with Crippen molar-refractivity contribution in [2.45, 2.75) is 38.0 Å². The number of furan rings is 1. The molecule has 9 aromatic carbocycles. The standard InChI is InChI=1S/C58H44N2O/c1-3-17-39(18-4-1)45-27-15-19-40-20-16-28-49(58(40)45)46-24-8-12-30-53(46)60(43-34-35-55-50(38-43)47-25-9-13-31-54(47)59(55)42-21-5-2-6-22-42)52-29-11-7-23-44(52)41-33-36-57-51(37-41)48-26-10-14-32-56(48)61-57/h2,5-16,19-39H,1,3-4,17-18H2. The molecule has 0 saturated heterocycles. The lowest BCUT2D eigenvalue weighted by Gasteiger charge is -2.31. The molecule has 0 aliphatic heterocycles. The molecule has 0 amide bonds. The zero-order valence-corrected chi connectivity index (χ0v) is 34.0. The minimum absolute atomic E-state index is 0.570. The van der Waals surface area contributed by atoms with E-state index in [0.29, 0.717) is 5.92 Å². The zero-order valence-electron chi connectivity index (χ0n) is 34.0. The lowest BCUT2D eigenvalue weighted by molar-refractivity contribution is 0.445. The van der Waals surface area contributed by atoms with Gasteiger partial charge in [-0.2, -0.15) is 0 Å². The third-order valence-electron chi connectivity index (χ3n) is 13.2. The van der Waals surface area contributed by atoms with Crippen LogP contribution in [-0.2, 0) is 0 Å². The predicted octanol–water partition coefficient (Wildman–Crippen LogP) is 16.7. The summed E-state index contributed by atoms with van der Waals surface area (Å²) in [6, 6.07) is 73.4. The summed E-state index contributed by atoms with van der Waals surface area (Å²) in [6.45, 7) is 0. The summed E-state index contributed by atoms with van der Waals surface area (Å²) in [4.78, 5) is 2.51. The van der Waals surface area contributed by atoms with Crippen molar-refractivity contribution in [2.75, 3.05) is 4.90 Å². The molecule has 3 heteroatoms. The van der Waals surface area contributed by atoms with E-state index in [1.807, 2.05) is 6.07 Å².